The Morgan fingerprint density at radius 3 is 1.81 bits per heavy atom. The van der Waals surface area contributed by atoms with Crippen LogP contribution < -0.4 is 0 Å². The van der Waals surface area contributed by atoms with Gasteiger partial charge in [-0.2, -0.15) is 0 Å². The van der Waals surface area contributed by atoms with Gasteiger partial charge in [0, 0.05) is 5.92 Å². The minimum atomic E-state index is 0.155. The maximum Gasteiger partial charge on any atom is 0.0348 e. The zero-order valence-corrected chi connectivity index (χ0v) is 19.6. The monoisotopic (exact) mass is 416 g/mol. The van der Waals surface area contributed by atoms with E-state index < -0.39 is 0 Å². The molecular formula is C32H32. The molecule has 0 fully saturated rings. The van der Waals surface area contributed by atoms with Crippen molar-refractivity contribution in [2.24, 2.45) is 0 Å². The van der Waals surface area contributed by atoms with E-state index >= 15 is 0 Å². The second-order valence-corrected chi connectivity index (χ2v) is 8.66. The van der Waals surface area contributed by atoms with E-state index in [2.05, 4.69) is 131 Å². The molecule has 4 rings (SSSR count). The van der Waals surface area contributed by atoms with Gasteiger partial charge in [0.05, 0.1) is 0 Å². The smallest absolute Gasteiger partial charge is 0.0348 e. The largest absolute Gasteiger partial charge is 0.0622 e. The van der Waals surface area contributed by atoms with Crippen molar-refractivity contribution in [2.45, 2.75) is 40.0 Å². The molecule has 0 spiro atoms. The van der Waals surface area contributed by atoms with Crippen molar-refractivity contribution in [3.63, 3.8) is 0 Å². The lowest BCUT2D eigenvalue weighted by Crippen LogP contribution is -2.08. The Bertz CT molecular complexity index is 1190. The Morgan fingerprint density at radius 2 is 1.22 bits per heavy atom. The van der Waals surface area contributed by atoms with Crippen molar-refractivity contribution in [3.05, 3.63) is 142 Å². The van der Waals surface area contributed by atoms with E-state index in [-0.39, 0.29) is 5.92 Å². The quantitative estimate of drug-likeness (QED) is 0.276. The van der Waals surface area contributed by atoms with Crippen LogP contribution in [0.5, 0.6) is 0 Å². The van der Waals surface area contributed by atoms with Gasteiger partial charge in [0.25, 0.3) is 0 Å². The van der Waals surface area contributed by atoms with Gasteiger partial charge in [0.15, 0.2) is 0 Å². The van der Waals surface area contributed by atoms with Gasteiger partial charge in [0.2, 0.25) is 0 Å². The molecule has 0 saturated carbocycles. The first kappa shape index (κ1) is 21.8. The Kier molecular flexibility index (Phi) is 6.71. The van der Waals surface area contributed by atoms with E-state index in [0.717, 1.165) is 6.42 Å². The van der Waals surface area contributed by atoms with E-state index in [9.17, 15) is 0 Å². The number of benzene rings is 4. The van der Waals surface area contributed by atoms with Crippen LogP contribution in [0.25, 0.3) is 11.1 Å². The molecule has 4 aromatic carbocycles. The van der Waals surface area contributed by atoms with Crippen LogP contribution in [0.3, 0.4) is 0 Å². The van der Waals surface area contributed by atoms with Gasteiger partial charge in [0.1, 0.15) is 0 Å². The fourth-order valence-corrected chi connectivity index (χ4v) is 4.52. The van der Waals surface area contributed by atoms with E-state index in [0.29, 0.717) is 0 Å². The fourth-order valence-electron chi connectivity index (χ4n) is 4.52. The van der Waals surface area contributed by atoms with Gasteiger partial charge in [-0.1, -0.05) is 116 Å². The van der Waals surface area contributed by atoms with Crippen molar-refractivity contribution in [1.82, 2.24) is 0 Å². The van der Waals surface area contributed by atoms with Gasteiger partial charge in [-0.3, -0.25) is 0 Å². The van der Waals surface area contributed by atoms with E-state index in [1.807, 2.05) is 0 Å². The summed E-state index contributed by atoms with van der Waals surface area (Å²) in [5.41, 5.74) is 11.9. The summed E-state index contributed by atoms with van der Waals surface area (Å²) in [6.45, 7) is 8.87. The molecule has 32 heavy (non-hydrogen) atoms. The number of hydrogen-bond acceptors (Lipinski definition) is 0. The maximum atomic E-state index is 2.32. The van der Waals surface area contributed by atoms with Crippen LogP contribution in [0, 0.1) is 13.8 Å². The van der Waals surface area contributed by atoms with Crippen molar-refractivity contribution in [1.29, 1.82) is 0 Å². The van der Waals surface area contributed by atoms with Crippen molar-refractivity contribution >= 4 is 11.1 Å². The topological polar surface area (TPSA) is 0 Å². The molecule has 0 aliphatic heterocycles. The number of aryl methyl sites for hydroxylation is 3. The van der Waals surface area contributed by atoms with Crippen LogP contribution in [-0.2, 0) is 6.42 Å². The molecule has 4 aromatic rings. The zero-order valence-electron chi connectivity index (χ0n) is 19.6. The molecule has 1 unspecified atom stereocenters. The van der Waals surface area contributed by atoms with Gasteiger partial charge < -0.3 is 0 Å². The standard InChI is InChI=1S/C32H32/c1-5-26-17-21-29(22-18-26)32(28-19-15-23(2)16-20-28)31(30-14-10-9-11-24(30)3)25(4)27-12-7-6-8-13-27/h6-22,32H,5H2,1-4H3/b31-25-. The highest BCUT2D eigenvalue weighted by molar-refractivity contribution is 5.95. The highest BCUT2D eigenvalue weighted by Gasteiger charge is 2.24. The maximum absolute atomic E-state index is 2.32. The van der Waals surface area contributed by atoms with Crippen LogP contribution in [0.4, 0.5) is 0 Å². The minimum Gasteiger partial charge on any atom is -0.0622 e. The Labute approximate surface area is 193 Å². The summed E-state index contributed by atoms with van der Waals surface area (Å²) in [6, 6.07) is 37.8. The average molecular weight is 417 g/mol. The summed E-state index contributed by atoms with van der Waals surface area (Å²) >= 11 is 0. The van der Waals surface area contributed by atoms with Crippen LogP contribution in [0.1, 0.15) is 58.7 Å². The summed E-state index contributed by atoms with van der Waals surface area (Å²) in [5, 5.41) is 0. The second kappa shape index (κ2) is 9.83. The normalized spacial score (nSPS) is 12.9. The van der Waals surface area contributed by atoms with Gasteiger partial charge >= 0.3 is 0 Å². The molecule has 0 aliphatic rings. The highest BCUT2D eigenvalue weighted by atomic mass is 14.3. The lowest BCUT2D eigenvalue weighted by Gasteiger charge is -2.26. The summed E-state index contributed by atoms with van der Waals surface area (Å²) in [7, 11) is 0. The molecule has 0 nitrogen and oxygen atoms in total. The first-order valence-electron chi connectivity index (χ1n) is 11.6. The van der Waals surface area contributed by atoms with Gasteiger partial charge in [-0.25, -0.2) is 0 Å². The first-order chi connectivity index (χ1) is 15.6. The molecular weight excluding hydrogens is 384 g/mol. The molecule has 0 amide bonds. The van der Waals surface area contributed by atoms with Crippen LogP contribution in [-0.4, -0.2) is 0 Å². The SMILES string of the molecule is CCc1ccc(C(/C(=C(/C)c2ccccc2)c2ccccc2C)c2ccc(C)cc2)cc1. The molecule has 0 aliphatic carbocycles. The molecule has 1 atom stereocenters. The van der Waals surface area contributed by atoms with Crippen molar-refractivity contribution in [2.75, 3.05) is 0 Å². The zero-order chi connectivity index (χ0) is 22.5. The Balaban J connectivity index is 2.02. The lowest BCUT2D eigenvalue weighted by atomic mass is 9.77. The molecule has 0 N–H and O–H groups in total. The summed E-state index contributed by atoms with van der Waals surface area (Å²) in [4.78, 5) is 0. The Morgan fingerprint density at radius 1 is 0.656 bits per heavy atom. The van der Waals surface area contributed by atoms with E-state index in [4.69, 9.17) is 0 Å². The third-order valence-corrected chi connectivity index (χ3v) is 6.47. The number of hydrogen-bond donors (Lipinski definition) is 0. The molecule has 0 bridgehead atoms. The van der Waals surface area contributed by atoms with Crippen LogP contribution in [0.2, 0.25) is 0 Å². The highest BCUT2D eigenvalue weighted by Crippen LogP contribution is 2.43. The minimum absolute atomic E-state index is 0.155. The van der Waals surface area contributed by atoms with Crippen molar-refractivity contribution in [3.8, 4) is 0 Å². The summed E-state index contributed by atoms with van der Waals surface area (Å²) in [5.74, 6) is 0.155. The number of rotatable bonds is 6. The van der Waals surface area contributed by atoms with Crippen LogP contribution >= 0.6 is 0 Å². The van der Waals surface area contributed by atoms with Gasteiger partial charge in [-0.05, 0) is 71.7 Å². The third-order valence-electron chi connectivity index (χ3n) is 6.47. The molecule has 160 valence electrons. The fraction of sp³-hybridized carbons (Fsp3) is 0.188. The van der Waals surface area contributed by atoms with E-state index in [1.54, 1.807) is 0 Å². The summed E-state index contributed by atoms with van der Waals surface area (Å²) in [6.07, 6.45) is 1.05. The second-order valence-electron chi connectivity index (χ2n) is 8.66. The average Bonchev–Trinajstić information content (AvgIpc) is 2.84. The molecule has 0 aromatic heterocycles. The molecule has 0 heterocycles. The number of allylic oxidation sites excluding steroid dienone is 2. The summed E-state index contributed by atoms with van der Waals surface area (Å²) < 4.78 is 0. The Hall–Kier alpha value is -3.38. The van der Waals surface area contributed by atoms with E-state index in [1.165, 1.54) is 50.1 Å². The predicted molar refractivity (Wildman–Crippen MR) is 139 cm³/mol. The third kappa shape index (κ3) is 4.60. The predicted octanol–water partition coefficient (Wildman–Crippen LogP) is 8.63. The van der Waals surface area contributed by atoms with Crippen molar-refractivity contribution < 1.29 is 0 Å². The van der Waals surface area contributed by atoms with Crippen LogP contribution in [0.15, 0.2) is 103 Å². The van der Waals surface area contributed by atoms with Gasteiger partial charge in [-0.15, -0.1) is 0 Å². The molecule has 0 radical (unpaired) electrons. The molecule has 0 heteroatoms. The first-order valence-corrected chi connectivity index (χ1v) is 11.6. The molecule has 0 saturated heterocycles. The lowest BCUT2D eigenvalue weighted by molar-refractivity contribution is 1.03.